The topological polar surface area (TPSA) is 56.7 Å². The third kappa shape index (κ3) is 6.15. The molecule has 20 heavy (non-hydrogen) atoms. The lowest BCUT2D eigenvalue weighted by Crippen LogP contribution is -2.39. The lowest BCUT2D eigenvalue weighted by Gasteiger charge is -2.21. The van der Waals surface area contributed by atoms with Crippen LogP contribution in [0.15, 0.2) is 21.8 Å². The number of hydrogen-bond donors (Lipinski definition) is 3. The van der Waals surface area contributed by atoms with Crippen LogP contribution >= 0.6 is 23.1 Å². The van der Waals surface area contributed by atoms with Crippen molar-refractivity contribution in [3.8, 4) is 0 Å². The quantitative estimate of drug-likeness (QED) is 0.391. The van der Waals surface area contributed by atoms with Crippen LogP contribution in [0.3, 0.4) is 0 Å². The van der Waals surface area contributed by atoms with Gasteiger partial charge in [0.25, 0.3) is 0 Å². The summed E-state index contributed by atoms with van der Waals surface area (Å²) in [5, 5.41) is 20.9. The normalized spacial score (nSPS) is 14.9. The van der Waals surface area contributed by atoms with Crippen molar-refractivity contribution in [2.45, 2.75) is 25.9 Å². The molecule has 3 N–H and O–H groups in total. The van der Waals surface area contributed by atoms with Crippen LogP contribution in [0.2, 0.25) is 0 Å². The van der Waals surface area contributed by atoms with Gasteiger partial charge >= 0.3 is 0 Å². The zero-order valence-corrected chi connectivity index (χ0v) is 14.1. The van der Waals surface area contributed by atoms with E-state index in [1.165, 1.54) is 0 Å². The Labute approximate surface area is 130 Å². The Morgan fingerprint density at radius 1 is 1.50 bits per heavy atom. The van der Waals surface area contributed by atoms with Crippen molar-refractivity contribution in [1.29, 1.82) is 0 Å². The molecular weight excluding hydrogens is 290 g/mol. The maximum Gasteiger partial charge on any atom is 0.191 e. The molecule has 1 aromatic rings. The Bertz CT molecular complexity index is 391. The summed E-state index contributed by atoms with van der Waals surface area (Å²) in [6, 6.07) is 1.94. The number of thiophene rings is 1. The van der Waals surface area contributed by atoms with E-state index in [0.717, 1.165) is 36.8 Å². The van der Waals surface area contributed by atoms with Gasteiger partial charge in [0, 0.05) is 13.1 Å². The molecule has 1 heterocycles. The third-order valence-corrected chi connectivity index (χ3v) is 4.23. The fourth-order valence-corrected chi connectivity index (χ4v) is 2.88. The largest absolute Gasteiger partial charge is 0.383 e. The predicted octanol–water partition coefficient (Wildman–Crippen LogP) is 2.26. The predicted molar refractivity (Wildman–Crippen MR) is 90.9 cm³/mol. The van der Waals surface area contributed by atoms with Crippen LogP contribution in [0.4, 0.5) is 0 Å². The van der Waals surface area contributed by atoms with E-state index in [9.17, 15) is 5.11 Å². The maximum atomic E-state index is 10.4. The molecule has 4 nitrogen and oxygen atoms in total. The number of thioether (sulfide) groups is 1. The summed E-state index contributed by atoms with van der Waals surface area (Å²) in [7, 11) is 0. The van der Waals surface area contributed by atoms with E-state index in [0.29, 0.717) is 6.54 Å². The minimum atomic E-state index is -0.915. The van der Waals surface area contributed by atoms with Crippen LogP contribution in [0, 0.1) is 0 Å². The minimum absolute atomic E-state index is 0.349. The van der Waals surface area contributed by atoms with E-state index in [1.54, 1.807) is 18.3 Å². The minimum Gasteiger partial charge on any atom is -0.383 e. The van der Waals surface area contributed by atoms with Crippen molar-refractivity contribution in [3.05, 3.63) is 22.4 Å². The van der Waals surface area contributed by atoms with Crippen LogP contribution in [0.1, 0.15) is 25.8 Å². The van der Waals surface area contributed by atoms with E-state index in [4.69, 9.17) is 0 Å². The van der Waals surface area contributed by atoms with Gasteiger partial charge in [-0.05, 0) is 54.7 Å². The summed E-state index contributed by atoms with van der Waals surface area (Å²) in [6.45, 7) is 5.90. The standard InChI is InChI=1S/C14H25N3OS2/c1-4-15-13(16-7-5-8-19-3)17-11-14(2,18)12-6-9-20-10-12/h6,9-10,18H,4-5,7-8,11H2,1-3H3,(H2,15,16,17). The van der Waals surface area contributed by atoms with Gasteiger partial charge in [-0.15, -0.1) is 0 Å². The first-order valence-corrected chi connectivity index (χ1v) is 9.20. The Kier molecular flexibility index (Phi) is 8.02. The molecule has 0 radical (unpaired) electrons. The van der Waals surface area contributed by atoms with Crippen LogP contribution in [0.5, 0.6) is 0 Å². The molecule has 0 aliphatic carbocycles. The molecule has 0 aliphatic rings. The Morgan fingerprint density at radius 3 is 2.90 bits per heavy atom. The van der Waals surface area contributed by atoms with Crippen molar-refractivity contribution < 1.29 is 5.11 Å². The van der Waals surface area contributed by atoms with Gasteiger partial charge < -0.3 is 15.7 Å². The third-order valence-electron chi connectivity index (χ3n) is 2.85. The van der Waals surface area contributed by atoms with Gasteiger partial charge in [0.05, 0.1) is 6.54 Å². The Balaban J connectivity index is 2.53. The highest BCUT2D eigenvalue weighted by molar-refractivity contribution is 7.98. The smallest absolute Gasteiger partial charge is 0.191 e. The fourth-order valence-electron chi connectivity index (χ4n) is 1.66. The molecule has 1 rings (SSSR count). The van der Waals surface area contributed by atoms with E-state index < -0.39 is 5.60 Å². The van der Waals surface area contributed by atoms with Crippen LogP contribution in [0.25, 0.3) is 0 Å². The molecule has 0 amide bonds. The Hall–Kier alpha value is -0.720. The van der Waals surface area contributed by atoms with Crippen LogP contribution in [-0.4, -0.2) is 42.7 Å². The molecule has 0 saturated carbocycles. The van der Waals surface area contributed by atoms with E-state index in [2.05, 4.69) is 21.9 Å². The number of aliphatic imine (C=N–C) groups is 1. The van der Waals surface area contributed by atoms with Crippen LogP contribution < -0.4 is 10.6 Å². The molecule has 1 unspecified atom stereocenters. The SMILES string of the molecule is CCNC(=NCC(C)(O)c1ccsc1)NCCCSC. The lowest BCUT2D eigenvalue weighted by molar-refractivity contribution is 0.0677. The highest BCUT2D eigenvalue weighted by Gasteiger charge is 2.23. The molecule has 0 spiro atoms. The second kappa shape index (κ2) is 9.26. The number of guanidine groups is 1. The van der Waals surface area contributed by atoms with E-state index >= 15 is 0 Å². The fraction of sp³-hybridized carbons (Fsp3) is 0.643. The van der Waals surface area contributed by atoms with Gasteiger partial charge in [0.1, 0.15) is 5.60 Å². The van der Waals surface area contributed by atoms with Gasteiger partial charge in [-0.1, -0.05) is 0 Å². The van der Waals surface area contributed by atoms with Gasteiger partial charge in [0.2, 0.25) is 0 Å². The summed E-state index contributed by atoms with van der Waals surface area (Å²) in [5.41, 5.74) is 0.00576. The van der Waals surface area contributed by atoms with Crippen molar-refractivity contribution >= 4 is 29.1 Å². The Morgan fingerprint density at radius 2 is 2.30 bits per heavy atom. The second-order valence-electron chi connectivity index (χ2n) is 4.75. The first-order valence-electron chi connectivity index (χ1n) is 6.86. The zero-order valence-electron chi connectivity index (χ0n) is 12.5. The maximum absolute atomic E-state index is 10.4. The number of hydrogen-bond acceptors (Lipinski definition) is 4. The number of rotatable bonds is 8. The van der Waals surface area contributed by atoms with Crippen molar-refractivity contribution in [3.63, 3.8) is 0 Å². The van der Waals surface area contributed by atoms with Gasteiger partial charge in [-0.25, -0.2) is 4.99 Å². The van der Waals surface area contributed by atoms with Gasteiger partial charge in [0.15, 0.2) is 5.96 Å². The van der Waals surface area contributed by atoms with E-state index in [-0.39, 0.29) is 0 Å². The molecule has 6 heteroatoms. The van der Waals surface area contributed by atoms with Gasteiger partial charge in [-0.2, -0.15) is 23.1 Å². The molecule has 0 bridgehead atoms. The molecule has 0 aromatic carbocycles. The number of aliphatic hydroxyl groups is 1. The molecule has 1 atom stereocenters. The molecular formula is C14H25N3OS2. The zero-order chi connectivity index (χ0) is 14.8. The van der Waals surface area contributed by atoms with Crippen molar-refractivity contribution in [1.82, 2.24) is 10.6 Å². The summed E-state index contributed by atoms with van der Waals surface area (Å²) in [4.78, 5) is 4.48. The number of nitrogens with one attached hydrogen (secondary N) is 2. The highest BCUT2D eigenvalue weighted by atomic mass is 32.2. The summed E-state index contributed by atoms with van der Waals surface area (Å²) >= 11 is 3.43. The first kappa shape index (κ1) is 17.3. The average molecular weight is 316 g/mol. The second-order valence-corrected chi connectivity index (χ2v) is 6.52. The van der Waals surface area contributed by atoms with Crippen molar-refractivity contribution in [2.24, 2.45) is 4.99 Å². The molecule has 1 aromatic heterocycles. The first-order chi connectivity index (χ1) is 9.60. The molecule has 114 valence electrons. The lowest BCUT2D eigenvalue weighted by atomic mass is 10.00. The molecule has 0 aliphatic heterocycles. The average Bonchev–Trinajstić information content (AvgIpc) is 2.95. The summed E-state index contributed by atoms with van der Waals surface area (Å²) in [6.07, 6.45) is 3.21. The van der Waals surface area contributed by atoms with Gasteiger partial charge in [-0.3, -0.25) is 0 Å². The molecule has 0 saturated heterocycles. The van der Waals surface area contributed by atoms with Crippen molar-refractivity contribution in [2.75, 3.05) is 31.6 Å². The monoisotopic (exact) mass is 315 g/mol. The van der Waals surface area contributed by atoms with Crippen LogP contribution in [-0.2, 0) is 5.60 Å². The molecule has 0 fully saturated rings. The summed E-state index contributed by atoms with van der Waals surface area (Å²) < 4.78 is 0. The highest BCUT2D eigenvalue weighted by Crippen LogP contribution is 2.23. The van der Waals surface area contributed by atoms with E-state index in [1.807, 2.05) is 35.5 Å². The number of nitrogens with zero attached hydrogens (tertiary/aromatic N) is 1. The summed E-state index contributed by atoms with van der Waals surface area (Å²) in [5.74, 6) is 1.91.